The van der Waals surface area contributed by atoms with E-state index in [0.717, 1.165) is 17.7 Å². The van der Waals surface area contributed by atoms with Gasteiger partial charge < -0.3 is 14.5 Å². The van der Waals surface area contributed by atoms with Crippen LogP contribution in [0.3, 0.4) is 0 Å². The Kier molecular flexibility index (Phi) is 3.18. The molecule has 104 valence electrons. The quantitative estimate of drug-likeness (QED) is 0.929. The van der Waals surface area contributed by atoms with Crippen molar-refractivity contribution in [2.45, 2.75) is 19.3 Å². The summed E-state index contributed by atoms with van der Waals surface area (Å²) in [5.74, 6) is 1.44. The van der Waals surface area contributed by atoms with Gasteiger partial charge in [-0.25, -0.2) is 4.98 Å². The van der Waals surface area contributed by atoms with Crippen LogP contribution in [-0.4, -0.2) is 18.0 Å². The van der Waals surface area contributed by atoms with Gasteiger partial charge in [0.15, 0.2) is 0 Å². The predicted octanol–water partition coefficient (Wildman–Crippen LogP) is 2.73. The minimum atomic E-state index is -0.0358. The van der Waals surface area contributed by atoms with Gasteiger partial charge in [-0.15, -0.1) is 0 Å². The molecule has 1 aliphatic carbocycles. The summed E-state index contributed by atoms with van der Waals surface area (Å²) >= 11 is 0. The van der Waals surface area contributed by atoms with Crippen molar-refractivity contribution in [1.29, 1.82) is 0 Å². The van der Waals surface area contributed by atoms with Crippen LogP contribution in [0, 0.1) is 12.8 Å². The zero-order chi connectivity index (χ0) is 14.1. The number of carbonyl (C=O) groups is 1. The second kappa shape index (κ2) is 5.00. The first-order chi connectivity index (χ1) is 9.69. The highest BCUT2D eigenvalue weighted by atomic mass is 16.5. The largest absolute Gasteiger partial charge is 0.480 e. The molecule has 5 nitrogen and oxygen atoms in total. The Morgan fingerprint density at radius 1 is 1.55 bits per heavy atom. The maximum absolute atomic E-state index is 12.2. The summed E-state index contributed by atoms with van der Waals surface area (Å²) < 4.78 is 10.5. The standard InChI is InChI=1S/C15H16N2O3/c1-9-6-12(15(19-2)16-8-9)17-14(18)11-7-10(11)13-4-3-5-20-13/h3-6,8,10-11H,7H2,1-2H3,(H,17,18). The van der Waals surface area contributed by atoms with E-state index in [-0.39, 0.29) is 17.7 Å². The second-order valence-electron chi connectivity index (χ2n) is 5.02. The Bertz CT molecular complexity index is 622. The molecule has 3 rings (SSSR count). The van der Waals surface area contributed by atoms with Crippen molar-refractivity contribution in [3.05, 3.63) is 42.0 Å². The number of nitrogens with one attached hydrogen (secondary N) is 1. The highest BCUT2D eigenvalue weighted by Crippen LogP contribution is 2.48. The lowest BCUT2D eigenvalue weighted by molar-refractivity contribution is -0.117. The van der Waals surface area contributed by atoms with Crippen molar-refractivity contribution in [3.63, 3.8) is 0 Å². The zero-order valence-corrected chi connectivity index (χ0v) is 11.4. The van der Waals surface area contributed by atoms with Gasteiger partial charge in [-0.1, -0.05) is 0 Å². The van der Waals surface area contributed by atoms with Crippen molar-refractivity contribution in [1.82, 2.24) is 4.98 Å². The Balaban J connectivity index is 1.70. The maximum Gasteiger partial charge on any atom is 0.237 e. The lowest BCUT2D eigenvalue weighted by atomic mass is 10.2. The number of hydrogen-bond donors (Lipinski definition) is 1. The summed E-state index contributed by atoms with van der Waals surface area (Å²) in [5.41, 5.74) is 1.59. The number of aromatic nitrogens is 1. The van der Waals surface area contributed by atoms with Crippen molar-refractivity contribution in [3.8, 4) is 5.88 Å². The van der Waals surface area contributed by atoms with E-state index in [1.54, 1.807) is 12.5 Å². The van der Waals surface area contributed by atoms with Crippen LogP contribution in [0.5, 0.6) is 5.88 Å². The minimum Gasteiger partial charge on any atom is -0.480 e. The molecule has 2 aromatic heterocycles. The van der Waals surface area contributed by atoms with E-state index in [1.165, 1.54) is 7.11 Å². The number of amides is 1. The first kappa shape index (κ1) is 12.7. The van der Waals surface area contributed by atoms with E-state index in [4.69, 9.17) is 9.15 Å². The van der Waals surface area contributed by atoms with E-state index in [1.807, 2.05) is 25.1 Å². The average Bonchev–Trinajstić information content (AvgIpc) is 3.05. The van der Waals surface area contributed by atoms with Crippen LogP contribution < -0.4 is 10.1 Å². The molecule has 1 N–H and O–H groups in total. The molecule has 1 saturated carbocycles. The Labute approximate surface area is 117 Å². The van der Waals surface area contributed by atoms with Crippen LogP contribution >= 0.6 is 0 Å². The highest BCUT2D eigenvalue weighted by Gasteiger charge is 2.46. The Hall–Kier alpha value is -2.30. The number of ether oxygens (including phenoxy) is 1. The maximum atomic E-state index is 12.2. The summed E-state index contributed by atoms with van der Waals surface area (Å²) in [5, 5.41) is 2.89. The molecular weight excluding hydrogens is 256 g/mol. The first-order valence-corrected chi connectivity index (χ1v) is 6.54. The average molecular weight is 272 g/mol. The van der Waals surface area contributed by atoms with Crippen LogP contribution in [0.15, 0.2) is 35.1 Å². The zero-order valence-electron chi connectivity index (χ0n) is 11.4. The molecule has 1 amide bonds. The molecule has 0 bridgehead atoms. The fourth-order valence-corrected chi connectivity index (χ4v) is 2.34. The van der Waals surface area contributed by atoms with Crippen molar-refractivity contribution >= 4 is 11.6 Å². The molecule has 2 atom stereocenters. The number of methoxy groups -OCH3 is 1. The highest BCUT2D eigenvalue weighted by molar-refractivity contribution is 5.96. The topological polar surface area (TPSA) is 64.4 Å². The van der Waals surface area contributed by atoms with Gasteiger partial charge in [0.1, 0.15) is 11.4 Å². The molecular formula is C15H16N2O3. The molecule has 2 unspecified atom stereocenters. The molecule has 20 heavy (non-hydrogen) atoms. The number of pyridine rings is 1. The van der Waals surface area contributed by atoms with Gasteiger partial charge >= 0.3 is 0 Å². The predicted molar refractivity (Wildman–Crippen MR) is 73.7 cm³/mol. The third-order valence-corrected chi connectivity index (χ3v) is 3.47. The number of nitrogens with zero attached hydrogens (tertiary/aromatic N) is 1. The van der Waals surface area contributed by atoms with Gasteiger partial charge in [0.05, 0.1) is 13.4 Å². The molecule has 0 radical (unpaired) electrons. The Morgan fingerprint density at radius 2 is 2.40 bits per heavy atom. The molecule has 2 heterocycles. The van der Waals surface area contributed by atoms with Crippen molar-refractivity contribution in [2.24, 2.45) is 5.92 Å². The van der Waals surface area contributed by atoms with Crippen molar-refractivity contribution in [2.75, 3.05) is 12.4 Å². The van der Waals surface area contributed by atoms with Crippen LogP contribution in [0.4, 0.5) is 5.69 Å². The number of carbonyl (C=O) groups excluding carboxylic acids is 1. The number of rotatable bonds is 4. The van der Waals surface area contributed by atoms with Crippen LogP contribution in [0.25, 0.3) is 0 Å². The summed E-state index contributed by atoms with van der Waals surface area (Å²) in [6.07, 6.45) is 4.16. The van der Waals surface area contributed by atoms with Crippen LogP contribution in [0.1, 0.15) is 23.7 Å². The van der Waals surface area contributed by atoms with Gasteiger partial charge in [-0.2, -0.15) is 0 Å². The second-order valence-corrected chi connectivity index (χ2v) is 5.02. The SMILES string of the molecule is COc1ncc(C)cc1NC(=O)C1CC1c1ccco1. The van der Waals surface area contributed by atoms with Gasteiger partial charge in [0, 0.05) is 18.0 Å². The van der Waals surface area contributed by atoms with E-state index >= 15 is 0 Å². The number of aryl methyl sites for hydroxylation is 1. The molecule has 0 aliphatic heterocycles. The smallest absolute Gasteiger partial charge is 0.237 e. The van der Waals surface area contributed by atoms with E-state index < -0.39 is 0 Å². The summed E-state index contributed by atoms with van der Waals surface area (Å²) in [4.78, 5) is 16.4. The minimum absolute atomic E-state index is 0.0166. The van der Waals surface area contributed by atoms with Crippen LogP contribution in [0.2, 0.25) is 0 Å². The Morgan fingerprint density at radius 3 is 3.10 bits per heavy atom. The van der Waals surface area contributed by atoms with Gasteiger partial charge in [-0.3, -0.25) is 4.79 Å². The molecule has 2 aromatic rings. The van der Waals surface area contributed by atoms with Gasteiger partial charge in [0.25, 0.3) is 0 Å². The van der Waals surface area contributed by atoms with E-state index in [0.29, 0.717) is 11.6 Å². The summed E-state index contributed by atoms with van der Waals surface area (Å²) in [7, 11) is 1.54. The number of anilines is 1. The molecule has 0 spiro atoms. The molecule has 5 heteroatoms. The normalized spacial score (nSPS) is 20.5. The first-order valence-electron chi connectivity index (χ1n) is 6.54. The number of furan rings is 1. The fourth-order valence-electron chi connectivity index (χ4n) is 2.34. The third-order valence-electron chi connectivity index (χ3n) is 3.47. The van der Waals surface area contributed by atoms with Crippen molar-refractivity contribution < 1.29 is 13.9 Å². The molecule has 1 fully saturated rings. The summed E-state index contributed by atoms with van der Waals surface area (Å²) in [6, 6.07) is 5.61. The summed E-state index contributed by atoms with van der Waals surface area (Å²) in [6.45, 7) is 1.92. The van der Waals surface area contributed by atoms with E-state index in [9.17, 15) is 4.79 Å². The van der Waals surface area contributed by atoms with Crippen LogP contribution in [-0.2, 0) is 4.79 Å². The monoisotopic (exact) mass is 272 g/mol. The van der Waals surface area contributed by atoms with E-state index in [2.05, 4.69) is 10.3 Å². The van der Waals surface area contributed by atoms with Gasteiger partial charge in [0.2, 0.25) is 11.8 Å². The lowest BCUT2D eigenvalue weighted by Crippen LogP contribution is -2.15. The molecule has 0 aromatic carbocycles. The molecule has 1 aliphatic rings. The lowest BCUT2D eigenvalue weighted by Gasteiger charge is -2.09. The third kappa shape index (κ3) is 2.39. The number of hydrogen-bond acceptors (Lipinski definition) is 4. The fraction of sp³-hybridized carbons (Fsp3) is 0.333. The van der Waals surface area contributed by atoms with Gasteiger partial charge in [-0.05, 0) is 37.1 Å². The molecule has 0 saturated heterocycles.